The molecule has 0 aliphatic carbocycles. The van der Waals surface area contributed by atoms with E-state index >= 15 is 0 Å². The van der Waals surface area contributed by atoms with E-state index in [0.717, 1.165) is 16.7 Å². The zero-order valence-electron chi connectivity index (χ0n) is 23.7. The van der Waals surface area contributed by atoms with E-state index in [0.29, 0.717) is 11.3 Å². The van der Waals surface area contributed by atoms with Gasteiger partial charge >= 0.3 is 5.97 Å². The highest BCUT2D eigenvalue weighted by atomic mass is 32.2. The van der Waals surface area contributed by atoms with E-state index < -0.39 is 40.2 Å². The van der Waals surface area contributed by atoms with E-state index in [4.69, 9.17) is 4.74 Å². The highest BCUT2D eigenvalue weighted by Crippen LogP contribution is 2.42. The van der Waals surface area contributed by atoms with Crippen molar-refractivity contribution in [1.82, 2.24) is 15.2 Å². The van der Waals surface area contributed by atoms with Crippen LogP contribution in [0.15, 0.2) is 127 Å². The zero-order chi connectivity index (χ0) is 31.3. The Kier molecular flexibility index (Phi) is 8.52. The maximum Gasteiger partial charge on any atom is 0.356 e. The van der Waals surface area contributed by atoms with Gasteiger partial charge in [-0.15, -0.1) is 11.8 Å². The van der Waals surface area contributed by atoms with Gasteiger partial charge in [0, 0.05) is 35.8 Å². The second-order valence-electron chi connectivity index (χ2n) is 10.3. The molecule has 0 saturated carbocycles. The van der Waals surface area contributed by atoms with Crippen molar-refractivity contribution in [2.45, 2.75) is 17.5 Å². The average Bonchev–Trinajstić information content (AvgIpc) is 3.09. The first kappa shape index (κ1) is 29.5. The third kappa shape index (κ3) is 6.24. The lowest BCUT2D eigenvalue weighted by Crippen LogP contribution is -2.70. The van der Waals surface area contributed by atoms with Crippen molar-refractivity contribution >= 4 is 41.3 Å². The molecule has 1 N–H and O–H groups in total. The summed E-state index contributed by atoms with van der Waals surface area (Å²) in [5.74, 6) is -1.30. The molecule has 45 heavy (non-hydrogen) atoms. The number of aromatic nitrogens is 1. The highest BCUT2D eigenvalue weighted by molar-refractivity contribution is 8.00. The Bertz CT molecular complexity index is 1760. The summed E-state index contributed by atoms with van der Waals surface area (Å²) >= 11 is 1.41. The number of thioether (sulfide) groups is 1. The minimum absolute atomic E-state index is 0.113. The fraction of sp³-hybridized carbons (Fsp3) is 0.118. The number of rotatable bonds is 9. The summed E-state index contributed by atoms with van der Waals surface area (Å²) in [6.07, 6.45) is 6.23. The van der Waals surface area contributed by atoms with Crippen molar-refractivity contribution < 1.29 is 24.0 Å². The van der Waals surface area contributed by atoms with Crippen molar-refractivity contribution in [1.29, 1.82) is 0 Å². The van der Waals surface area contributed by atoms with Gasteiger partial charge in [-0.3, -0.25) is 29.6 Å². The number of nitro benzene ring substituents is 1. The van der Waals surface area contributed by atoms with Crippen LogP contribution < -0.4 is 5.32 Å². The molecule has 2 atom stereocenters. The lowest BCUT2D eigenvalue weighted by Gasteiger charge is -2.49. The number of nitrogens with zero attached hydrogens (tertiary/aromatic N) is 3. The number of nitro groups is 1. The van der Waals surface area contributed by atoms with E-state index in [-0.39, 0.29) is 16.9 Å². The molecule has 1 aromatic heterocycles. The molecule has 3 heterocycles. The number of hydrogen-bond acceptors (Lipinski definition) is 8. The number of pyridine rings is 1. The van der Waals surface area contributed by atoms with E-state index in [1.165, 1.54) is 40.9 Å². The standard InChI is InChI=1S/C34H26N4O6S/c39-31(25-15-17-27(18-16-25)38(42)43)36-28-32(40)37-29(26(21-45-33(28)37)14-13-22-8-7-19-35-20-22)34(41)44-30(23-9-3-1-4-10-23)24-11-5-2-6-12-24/h1-20,28,30,33H,21H2,(H,36,39)/b14-13+. The Morgan fingerprint density at radius 1 is 0.956 bits per heavy atom. The number of β-lactam (4-membered cyclic amide) rings is 1. The maximum absolute atomic E-state index is 14.1. The number of ether oxygens (including phenoxy) is 1. The van der Waals surface area contributed by atoms with Crippen molar-refractivity contribution in [3.63, 3.8) is 0 Å². The summed E-state index contributed by atoms with van der Waals surface area (Å²) in [4.78, 5) is 56.6. The molecule has 6 rings (SSSR count). The monoisotopic (exact) mass is 618 g/mol. The van der Waals surface area contributed by atoms with Gasteiger partial charge in [0.25, 0.3) is 17.5 Å². The normalized spacial score (nSPS) is 17.5. The molecular formula is C34H26N4O6S. The number of hydrogen-bond donors (Lipinski definition) is 1. The molecule has 0 bridgehead atoms. The summed E-state index contributed by atoms with van der Waals surface area (Å²) in [5, 5.41) is 13.2. The molecular weight excluding hydrogens is 592 g/mol. The SMILES string of the molecule is O=C(OC(c1ccccc1)c1ccccc1)C1=C(/C=C/c2cccnc2)CSC2C(NC(=O)c3ccc([N+](=O)[O-])cc3)C(=O)N12. The van der Waals surface area contributed by atoms with Crippen LogP contribution in [0.3, 0.4) is 0 Å². The Morgan fingerprint density at radius 3 is 2.22 bits per heavy atom. The van der Waals surface area contributed by atoms with Gasteiger partial charge in [0.2, 0.25) is 0 Å². The topological polar surface area (TPSA) is 132 Å². The van der Waals surface area contributed by atoms with Gasteiger partial charge in [0.1, 0.15) is 17.1 Å². The van der Waals surface area contributed by atoms with Crippen molar-refractivity contribution in [2.75, 3.05) is 5.75 Å². The molecule has 4 aromatic rings. The second-order valence-corrected chi connectivity index (χ2v) is 11.4. The van der Waals surface area contributed by atoms with Crippen molar-refractivity contribution in [3.05, 3.63) is 159 Å². The van der Waals surface area contributed by atoms with Gasteiger partial charge in [-0.25, -0.2) is 4.79 Å². The van der Waals surface area contributed by atoms with Crippen LogP contribution in [0, 0.1) is 10.1 Å². The van der Waals surface area contributed by atoms with Crippen molar-refractivity contribution in [2.24, 2.45) is 0 Å². The number of benzene rings is 3. The van der Waals surface area contributed by atoms with Crippen LogP contribution in [0.1, 0.15) is 33.2 Å². The zero-order valence-corrected chi connectivity index (χ0v) is 24.5. The quantitative estimate of drug-likeness (QED) is 0.116. The molecule has 1 fully saturated rings. The highest BCUT2D eigenvalue weighted by Gasteiger charge is 2.54. The molecule has 11 heteroatoms. The first-order valence-electron chi connectivity index (χ1n) is 14.0. The summed E-state index contributed by atoms with van der Waals surface area (Å²) < 4.78 is 6.17. The van der Waals surface area contributed by atoms with Crippen molar-refractivity contribution in [3.8, 4) is 0 Å². The van der Waals surface area contributed by atoms with Gasteiger partial charge in [-0.1, -0.05) is 78.9 Å². The number of nitrogens with one attached hydrogen (secondary N) is 1. The minimum Gasteiger partial charge on any atom is -0.448 e. The summed E-state index contributed by atoms with van der Waals surface area (Å²) in [6.45, 7) is 0. The number of non-ortho nitro benzene ring substituents is 1. The van der Waals surface area contributed by atoms with Crippen LogP contribution in [0.2, 0.25) is 0 Å². The largest absolute Gasteiger partial charge is 0.448 e. The molecule has 10 nitrogen and oxygen atoms in total. The van der Waals surface area contributed by atoms with E-state index in [1.807, 2.05) is 72.8 Å². The molecule has 0 spiro atoms. The van der Waals surface area contributed by atoms with Crippen LogP contribution in [0.25, 0.3) is 6.08 Å². The predicted octanol–water partition coefficient (Wildman–Crippen LogP) is 5.30. The van der Waals surface area contributed by atoms with Gasteiger partial charge in [-0.05, 0) is 40.5 Å². The Balaban J connectivity index is 1.30. The molecule has 1 saturated heterocycles. The lowest BCUT2D eigenvalue weighted by molar-refractivity contribution is -0.384. The summed E-state index contributed by atoms with van der Waals surface area (Å²) in [5.41, 5.74) is 3.10. The van der Waals surface area contributed by atoms with Gasteiger partial charge in [-0.2, -0.15) is 0 Å². The van der Waals surface area contributed by atoms with Gasteiger partial charge in [0.15, 0.2) is 6.10 Å². The van der Waals surface area contributed by atoms with E-state index in [9.17, 15) is 24.5 Å². The van der Waals surface area contributed by atoms with E-state index in [2.05, 4.69) is 10.3 Å². The number of carbonyl (C=O) groups is 3. The van der Waals surface area contributed by atoms with E-state index in [1.54, 1.807) is 24.5 Å². The molecule has 0 radical (unpaired) electrons. The number of allylic oxidation sites excluding steroid dienone is 1. The Hall–Kier alpha value is -5.55. The summed E-state index contributed by atoms with van der Waals surface area (Å²) in [7, 11) is 0. The molecule has 224 valence electrons. The first-order chi connectivity index (χ1) is 21.9. The number of amides is 2. The lowest BCUT2D eigenvalue weighted by atomic mass is 10.00. The van der Waals surface area contributed by atoms with Crippen LogP contribution in [-0.4, -0.2) is 49.8 Å². The molecule has 3 aromatic carbocycles. The van der Waals surface area contributed by atoms with Crippen LogP contribution in [-0.2, 0) is 14.3 Å². The fourth-order valence-corrected chi connectivity index (χ4v) is 6.46. The number of carbonyl (C=O) groups excluding carboxylic acids is 3. The summed E-state index contributed by atoms with van der Waals surface area (Å²) in [6, 6.07) is 26.6. The van der Waals surface area contributed by atoms with Gasteiger partial charge < -0.3 is 10.1 Å². The predicted molar refractivity (Wildman–Crippen MR) is 169 cm³/mol. The third-order valence-corrected chi connectivity index (χ3v) is 8.71. The third-order valence-electron chi connectivity index (χ3n) is 7.41. The van der Waals surface area contributed by atoms with Crippen LogP contribution >= 0.6 is 11.8 Å². The number of fused-ring (bicyclic) bond motifs is 1. The smallest absolute Gasteiger partial charge is 0.356 e. The average molecular weight is 619 g/mol. The Morgan fingerprint density at radius 2 is 1.62 bits per heavy atom. The molecule has 2 aliphatic rings. The number of esters is 1. The molecule has 2 amide bonds. The fourth-order valence-electron chi connectivity index (χ4n) is 5.14. The first-order valence-corrected chi connectivity index (χ1v) is 15.1. The Labute approximate surface area is 262 Å². The molecule has 2 aliphatic heterocycles. The van der Waals surface area contributed by atoms with Crippen LogP contribution in [0.5, 0.6) is 0 Å². The maximum atomic E-state index is 14.1. The molecule has 2 unspecified atom stereocenters. The van der Waals surface area contributed by atoms with Crippen LogP contribution in [0.4, 0.5) is 5.69 Å². The minimum atomic E-state index is -0.900. The van der Waals surface area contributed by atoms with Gasteiger partial charge in [0.05, 0.1) is 4.92 Å². The second kappa shape index (κ2) is 13.0.